The first-order chi connectivity index (χ1) is 16.2. The van der Waals surface area contributed by atoms with Crippen molar-refractivity contribution >= 4 is 24.9 Å². The minimum absolute atomic E-state index is 0.0178. The summed E-state index contributed by atoms with van der Waals surface area (Å²) in [5, 5.41) is 19.3. The lowest BCUT2D eigenvalue weighted by atomic mass is 9.86. The number of alkyl halides is 3. The fourth-order valence-electron chi connectivity index (χ4n) is 4.30. The third-order valence-electron chi connectivity index (χ3n) is 6.12. The lowest BCUT2D eigenvalue weighted by Gasteiger charge is -2.26. The quantitative estimate of drug-likeness (QED) is 0.192. The molecule has 1 aliphatic carbocycles. The van der Waals surface area contributed by atoms with Crippen LogP contribution in [-0.2, 0) is 20.0 Å². The Morgan fingerprint density at radius 2 is 2.00 bits per heavy atom. The predicted octanol–water partition coefficient (Wildman–Crippen LogP) is 5.41. The molecule has 11 heteroatoms. The summed E-state index contributed by atoms with van der Waals surface area (Å²) in [7, 11) is 4.44. The zero-order valence-electron chi connectivity index (χ0n) is 18.8. The van der Waals surface area contributed by atoms with Gasteiger partial charge >= 0.3 is 12.1 Å². The van der Waals surface area contributed by atoms with Crippen molar-refractivity contribution in [3.05, 3.63) is 42.0 Å². The van der Waals surface area contributed by atoms with Crippen molar-refractivity contribution in [3.63, 3.8) is 0 Å². The number of aliphatic hydroxyl groups excluding tert-OH is 1. The molecule has 1 aromatic carbocycles. The van der Waals surface area contributed by atoms with Crippen LogP contribution in [0.1, 0.15) is 50.5 Å². The molecule has 1 fully saturated rings. The Hall–Kier alpha value is -1.24. The van der Waals surface area contributed by atoms with Crippen LogP contribution in [0.4, 0.5) is 13.2 Å². The standard InChI is InChI=1S/C23H33F3O6P2/c24-23(25,26)15-6-5-7-16(12-15)30-14-17(31-33)10-11-19-18(20(27)13-21(19)32-34)8-3-1-2-4-9-22(28)29/h1,3,5-7,12,17-21,27H,2,4,8-11,13-14,33-34H2,(H,28,29)/b3-1-/t17?,18-,19-,20?,21?/m1/s1. The molecule has 0 spiro atoms. The van der Waals surface area contributed by atoms with Gasteiger partial charge in [0.15, 0.2) is 0 Å². The van der Waals surface area contributed by atoms with Gasteiger partial charge in [-0.3, -0.25) is 4.79 Å². The number of rotatable bonds is 14. The zero-order valence-corrected chi connectivity index (χ0v) is 21.1. The van der Waals surface area contributed by atoms with E-state index in [1.165, 1.54) is 12.1 Å². The monoisotopic (exact) mass is 524 g/mol. The summed E-state index contributed by atoms with van der Waals surface area (Å²) in [6, 6.07) is 4.73. The van der Waals surface area contributed by atoms with Crippen molar-refractivity contribution in [2.75, 3.05) is 6.61 Å². The summed E-state index contributed by atoms with van der Waals surface area (Å²) in [6.07, 6.45) is 2.24. The predicted molar refractivity (Wildman–Crippen MR) is 128 cm³/mol. The molecule has 7 atom stereocenters. The average molecular weight is 524 g/mol. The summed E-state index contributed by atoms with van der Waals surface area (Å²) in [4.78, 5) is 10.6. The van der Waals surface area contributed by atoms with Gasteiger partial charge in [-0.1, -0.05) is 18.2 Å². The highest BCUT2D eigenvalue weighted by Crippen LogP contribution is 2.41. The van der Waals surface area contributed by atoms with Gasteiger partial charge < -0.3 is 24.0 Å². The van der Waals surface area contributed by atoms with E-state index in [-0.39, 0.29) is 42.8 Å². The molecule has 192 valence electrons. The minimum atomic E-state index is -4.44. The van der Waals surface area contributed by atoms with E-state index in [0.29, 0.717) is 38.5 Å². The van der Waals surface area contributed by atoms with E-state index in [0.717, 1.165) is 12.1 Å². The van der Waals surface area contributed by atoms with Gasteiger partial charge in [0, 0.05) is 31.8 Å². The van der Waals surface area contributed by atoms with Crippen molar-refractivity contribution in [2.45, 2.75) is 69.4 Å². The summed E-state index contributed by atoms with van der Waals surface area (Å²) in [6.45, 7) is 0.0840. The Balaban J connectivity index is 1.89. The van der Waals surface area contributed by atoms with E-state index in [1.54, 1.807) is 0 Å². The Morgan fingerprint density at radius 1 is 1.24 bits per heavy atom. The number of aliphatic hydroxyl groups is 1. The second kappa shape index (κ2) is 14.4. The number of allylic oxidation sites excluding steroid dienone is 2. The third-order valence-corrected chi connectivity index (χ3v) is 6.85. The first-order valence-electron chi connectivity index (χ1n) is 11.2. The molecule has 2 rings (SSSR count). The van der Waals surface area contributed by atoms with Gasteiger partial charge in [0.05, 0.1) is 23.9 Å². The fourth-order valence-corrected chi connectivity index (χ4v) is 4.83. The average Bonchev–Trinajstić information content (AvgIpc) is 3.10. The molecule has 1 aliphatic rings. The third kappa shape index (κ3) is 9.43. The van der Waals surface area contributed by atoms with Gasteiger partial charge in [0.2, 0.25) is 0 Å². The van der Waals surface area contributed by atoms with Crippen molar-refractivity contribution in [2.24, 2.45) is 11.8 Å². The van der Waals surface area contributed by atoms with Crippen molar-refractivity contribution in [3.8, 4) is 5.75 Å². The molecule has 0 aliphatic heterocycles. The SMILES string of the molecule is O=C(O)CCC/C=C\C[C@H]1C(O)CC(OP)[C@@H]1CCC(COc1cccc(C(F)(F)F)c1)OP. The number of benzene rings is 1. The number of aliphatic carboxylic acids is 1. The topological polar surface area (TPSA) is 85.2 Å². The van der Waals surface area contributed by atoms with Crippen molar-refractivity contribution in [1.82, 2.24) is 0 Å². The van der Waals surface area contributed by atoms with Crippen LogP contribution in [0.5, 0.6) is 5.75 Å². The molecule has 0 heterocycles. The van der Waals surface area contributed by atoms with Crippen LogP contribution in [0.25, 0.3) is 0 Å². The number of ether oxygens (including phenoxy) is 1. The lowest BCUT2D eigenvalue weighted by Crippen LogP contribution is -2.26. The van der Waals surface area contributed by atoms with E-state index in [4.69, 9.17) is 18.9 Å². The fraction of sp³-hybridized carbons (Fsp3) is 0.609. The summed E-state index contributed by atoms with van der Waals surface area (Å²) >= 11 is 0. The highest BCUT2D eigenvalue weighted by molar-refractivity contribution is 7.10. The molecule has 2 N–H and O–H groups in total. The summed E-state index contributed by atoms with van der Waals surface area (Å²) in [5.41, 5.74) is -0.771. The van der Waals surface area contributed by atoms with Crippen molar-refractivity contribution < 1.29 is 42.0 Å². The molecular weight excluding hydrogens is 491 g/mol. The Morgan fingerprint density at radius 3 is 2.65 bits per heavy atom. The van der Waals surface area contributed by atoms with Crippen LogP contribution in [0, 0.1) is 11.8 Å². The molecule has 1 saturated carbocycles. The molecule has 34 heavy (non-hydrogen) atoms. The van der Waals surface area contributed by atoms with E-state index < -0.39 is 23.8 Å². The minimum Gasteiger partial charge on any atom is -0.491 e. The van der Waals surface area contributed by atoms with Crippen LogP contribution in [0.15, 0.2) is 36.4 Å². The van der Waals surface area contributed by atoms with Gasteiger partial charge in [-0.05, 0) is 62.1 Å². The smallest absolute Gasteiger partial charge is 0.416 e. The van der Waals surface area contributed by atoms with Crippen LogP contribution in [0.3, 0.4) is 0 Å². The zero-order chi connectivity index (χ0) is 25.1. The normalized spacial score (nSPS) is 23.9. The second-order valence-corrected chi connectivity index (χ2v) is 9.01. The molecule has 0 radical (unpaired) electrons. The molecule has 0 saturated heterocycles. The number of carboxylic acids is 1. The molecular formula is C23H33F3O6P2. The number of halogens is 3. The maximum Gasteiger partial charge on any atom is 0.416 e. The first-order valence-corrected chi connectivity index (χ1v) is 12.2. The van der Waals surface area contributed by atoms with Gasteiger partial charge in [-0.2, -0.15) is 13.2 Å². The number of hydrogen-bond acceptors (Lipinski definition) is 5. The molecule has 0 amide bonds. The molecule has 0 aromatic heterocycles. The molecule has 5 unspecified atom stereocenters. The summed E-state index contributed by atoms with van der Waals surface area (Å²) in [5.74, 6) is -0.651. The van der Waals surface area contributed by atoms with Crippen LogP contribution in [0.2, 0.25) is 0 Å². The van der Waals surface area contributed by atoms with E-state index in [9.17, 15) is 23.1 Å². The Bertz CT molecular complexity index is 792. The van der Waals surface area contributed by atoms with Crippen LogP contribution >= 0.6 is 18.9 Å². The number of carboxylic acid groups (broad SMARTS) is 1. The first kappa shape index (κ1) is 29.0. The van der Waals surface area contributed by atoms with Gasteiger partial charge in [-0.25, -0.2) is 0 Å². The maximum atomic E-state index is 12.9. The van der Waals surface area contributed by atoms with Crippen LogP contribution in [-0.4, -0.2) is 41.1 Å². The van der Waals surface area contributed by atoms with E-state index in [1.807, 2.05) is 12.2 Å². The number of hydrogen-bond donors (Lipinski definition) is 2. The Labute approximate surface area is 202 Å². The number of unbranched alkanes of at least 4 members (excludes halogenated alkanes) is 1. The van der Waals surface area contributed by atoms with Gasteiger partial charge in [0.25, 0.3) is 0 Å². The van der Waals surface area contributed by atoms with Gasteiger partial charge in [-0.15, -0.1) is 0 Å². The molecule has 0 bridgehead atoms. The Kier molecular flexibility index (Phi) is 12.2. The highest BCUT2D eigenvalue weighted by Gasteiger charge is 2.42. The molecule has 1 aromatic rings. The van der Waals surface area contributed by atoms with E-state index >= 15 is 0 Å². The van der Waals surface area contributed by atoms with Crippen molar-refractivity contribution in [1.29, 1.82) is 0 Å². The number of carbonyl (C=O) groups is 1. The largest absolute Gasteiger partial charge is 0.491 e. The van der Waals surface area contributed by atoms with E-state index in [2.05, 4.69) is 18.9 Å². The maximum absolute atomic E-state index is 12.9. The lowest BCUT2D eigenvalue weighted by molar-refractivity contribution is -0.138. The second-order valence-electron chi connectivity index (χ2n) is 8.47. The molecule has 6 nitrogen and oxygen atoms in total. The summed E-state index contributed by atoms with van der Waals surface area (Å²) < 4.78 is 55.2. The van der Waals surface area contributed by atoms with Crippen LogP contribution < -0.4 is 4.74 Å². The van der Waals surface area contributed by atoms with Gasteiger partial charge in [0.1, 0.15) is 12.4 Å². The highest BCUT2D eigenvalue weighted by atomic mass is 31.0.